The van der Waals surface area contributed by atoms with Crippen molar-refractivity contribution in [1.29, 1.82) is 0 Å². The summed E-state index contributed by atoms with van der Waals surface area (Å²) >= 11 is 6.03. The van der Waals surface area contributed by atoms with Crippen LogP contribution in [0.2, 0.25) is 5.02 Å². The van der Waals surface area contributed by atoms with Gasteiger partial charge in [0.15, 0.2) is 0 Å². The number of hydrogen-bond acceptors (Lipinski definition) is 4. The normalized spacial score (nSPS) is 21.3. The van der Waals surface area contributed by atoms with Crippen molar-refractivity contribution in [2.45, 2.75) is 43.9 Å². The van der Waals surface area contributed by atoms with E-state index in [-0.39, 0.29) is 0 Å². The second-order valence-corrected chi connectivity index (χ2v) is 8.61. The Morgan fingerprint density at radius 2 is 1.74 bits per heavy atom. The van der Waals surface area contributed by atoms with Gasteiger partial charge >= 0.3 is 18.2 Å². The zero-order valence-electron chi connectivity index (χ0n) is 17.9. The van der Waals surface area contributed by atoms with Crippen LogP contribution in [0, 0.1) is 11.7 Å². The number of rotatable bonds is 4. The molecule has 4 rings (SSSR count). The number of fused-ring (bicyclic) bond motifs is 2. The average molecular weight is 503 g/mol. The van der Waals surface area contributed by atoms with Gasteiger partial charge in [-0.15, -0.1) is 0 Å². The third kappa shape index (κ3) is 7.07. The third-order valence-corrected chi connectivity index (χ3v) is 5.86. The highest BCUT2D eigenvalue weighted by Crippen LogP contribution is 2.33. The Morgan fingerprint density at radius 3 is 2.32 bits per heavy atom. The van der Waals surface area contributed by atoms with Gasteiger partial charge < -0.3 is 15.2 Å². The lowest BCUT2D eigenvalue weighted by molar-refractivity contribution is -0.192. The molecule has 11 heteroatoms. The molecule has 2 atom stereocenters. The maximum atomic E-state index is 14.4. The Balaban J connectivity index is 0.000000406. The zero-order valence-corrected chi connectivity index (χ0v) is 18.6. The van der Waals surface area contributed by atoms with Gasteiger partial charge in [0.1, 0.15) is 5.82 Å². The van der Waals surface area contributed by atoms with E-state index in [1.807, 2.05) is 0 Å². The first-order valence-corrected chi connectivity index (χ1v) is 10.9. The summed E-state index contributed by atoms with van der Waals surface area (Å²) in [7, 11) is 0. The maximum Gasteiger partial charge on any atom is 0.490 e. The number of aliphatic carboxylic acids is 1. The number of benzene rings is 2. The number of carbonyl (C=O) groups excluding carboxylic acids is 1. The van der Waals surface area contributed by atoms with Crippen LogP contribution < -0.4 is 10.6 Å². The molecule has 2 aliphatic rings. The summed E-state index contributed by atoms with van der Waals surface area (Å²) in [6.07, 6.45) is -1.15. The lowest BCUT2D eigenvalue weighted by Gasteiger charge is -2.28. The van der Waals surface area contributed by atoms with Crippen LogP contribution in [0.1, 0.15) is 25.7 Å². The molecule has 2 heterocycles. The molecule has 6 nitrogen and oxygen atoms in total. The minimum absolute atomic E-state index is 0.303. The highest BCUT2D eigenvalue weighted by molar-refractivity contribution is 6.30. The van der Waals surface area contributed by atoms with Gasteiger partial charge in [0.05, 0.1) is 12.3 Å². The molecule has 34 heavy (non-hydrogen) atoms. The van der Waals surface area contributed by atoms with Gasteiger partial charge in [-0.3, -0.25) is 5.32 Å². The van der Waals surface area contributed by atoms with Gasteiger partial charge in [-0.2, -0.15) is 13.2 Å². The number of carboxylic acid groups (broad SMARTS) is 1. The molecule has 2 bridgehead atoms. The highest BCUT2D eigenvalue weighted by Gasteiger charge is 2.38. The van der Waals surface area contributed by atoms with Crippen molar-refractivity contribution in [3.05, 3.63) is 53.3 Å². The second kappa shape index (κ2) is 11.1. The van der Waals surface area contributed by atoms with Crippen LogP contribution in [0.15, 0.2) is 42.5 Å². The number of anilines is 1. The van der Waals surface area contributed by atoms with Crippen molar-refractivity contribution >= 4 is 29.4 Å². The minimum atomic E-state index is -5.08. The van der Waals surface area contributed by atoms with Crippen LogP contribution in [0.3, 0.4) is 0 Å². The molecule has 2 fully saturated rings. The Labute approximate surface area is 198 Å². The van der Waals surface area contributed by atoms with Crippen molar-refractivity contribution in [1.82, 2.24) is 5.32 Å². The van der Waals surface area contributed by atoms with Crippen LogP contribution in [-0.4, -0.2) is 42.0 Å². The van der Waals surface area contributed by atoms with Crippen LogP contribution >= 0.6 is 11.6 Å². The van der Waals surface area contributed by atoms with Crippen LogP contribution in [0.5, 0.6) is 0 Å². The lowest BCUT2D eigenvalue weighted by Crippen LogP contribution is -2.39. The molecule has 2 aromatic rings. The Kier molecular flexibility index (Phi) is 8.37. The average Bonchev–Trinajstić information content (AvgIpc) is 3.10. The standard InChI is InChI=1S/C21H22ClFN2O2.C2HF3O2/c22-15-4-1-3-14(11-15)20-18(23)5-2-6-19(20)25-21(26)27-12-13-9-16-7-8-17(10-13)24-16;3-2(4,5)1(6)7/h1-6,11,13,16-17,24H,7-10,12H2,(H,25,26);(H,6,7). The van der Waals surface area contributed by atoms with Gasteiger partial charge in [0.2, 0.25) is 0 Å². The van der Waals surface area contributed by atoms with E-state index >= 15 is 0 Å². The molecule has 2 saturated heterocycles. The molecule has 0 saturated carbocycles. The molecule has 2 aromatic carbocycles. The predicted molar refractivity (Wildman–Crippen MR) is 118 cm³/mol. The van der Waals surface area contributed by atoms with Gasteiger partial charge in [-0.1, -0.05) is 29.8 Å². The summed E-state index contributed by atoms with van der Waals surface area (Å²) in [5, 5.41) is 13.9. The van der Waals surface area contributed by atoms with E-state index in [1.54, 1.807) is 36.4 Å². The van der Waals surface area contributed by atoms with E-state index in [4.69, 9.17) is 26.2 Å². The van der Waals surface area contributed by atoms with E-state index in [1.165, 1.54) is 18.9 Å². The van der Waals surface area contributed by atoms with E-state index in [0.717, 1.165) is 12.8 Å². The Hall–Kier alpha value is -2.85. The van der Waals surface area contributed by atoms with Gasteiger partial charge in [-0.25, -0.2) is 14.0 Å². The van der Waals surface area contributed by atoms with Crippen molar-refractivity contribution in [3.8, 4) is 11.1 Å². The van der Waals surface area contributed by atoms with Crippen molar-refractivity contribution in [2.75, 3.05) is 11.9 Å². The van der Waals surface area contributed by atoms with Crippen molar-refractivity contribution in [3.63, 3.8) is 0 Å². The van der Waals surface area contributed by atoms with Gasteiger partial charge in [0, 0.05) is 22.7 Å². The monoisotopic (exact) mass is 502 g/mol. The molecule has 184 valence electrons. The highest BCUT2D eigenvalue weighted by atomic mass is 35.5. The number of hydrogen-bond donors (Lipinski definition) is 3. The fraction of sp³-hybridized carbons (Fsp3) is 0.391. The molecule has 2 unspecified atom stereocenters. The largest absolute Gasteiger partial charge is 0.490 e. The summed E-state index contributed by atoms with van der Waals surface area (Å²) < 4.78 is 51.6. The molecule has 0 spiro atoms. The number of piperidine rings is 1. The molecule has 1 amide bonds. The molecular formula is C23H23ClF4N2O4. The number of alkyl halides is 3. The summed E-state index contributed by atoms with van der Waals surface area (Å²) in [6.45, 7) is 0.391. The fourth-order valence-corrected chi connectivity index (χ4v) is 4.41. The molecule has 2 aliphatic heterocycles. The molecular weight excluding hydrogens is 480 g/mol. The van der Waals surface area contributed by atoms with Crippen LogP contribution in [-0.2, 0) is 9.53 Å². The topological polar surface area (TPSA) is 87.7 Å². The predicted octanol–water partition coefficient (Wildman–Crippen LogP) is 5.86. The molecule has 3 N–H and O–H groups in total. The fourth-order valence-electron chi connectivity index (χ4n) is 4.22. The zero-order chi connectivity index (χ0) is 24.9. The van der Waals surface area contributed by atoms with E-state index in [0.29, 0.717) is 46.4 Å². The number of carbonyl (C=O) groups is 2. The van der Waals surface area contributed by atoms with Crippen molar-refractivity contribution in [2.24, 2.45) is 5.92 Å². The number of ether oxygens (including phenoxy) is 1. The lowest BCUT2D eigenvalue weighted by atomic mass is 9.93. The van der Waals surface area contributed by atoms with E-state index in [9.17, 15) is 22.4 Å². The molecule has 0 aliphatic carbocycles. The first-order chi connectivity index (χ1) is 16.0. The quantitative estimate of drug-likeness (QED) is 0.456. The summed E-state index contributed by atoms with van der Waals surface area (Å²) in [6, 6.07) is 12.6. The maximum absolute atomic E-state index is 14.4. The third-order valence-electron chi connectivity index (χ3n) is 5.63. The number of nitrogens with one attached hydrogen (secondary N) is 2. The van der Waals surface area contributed by atoms with Gasteiger partial charge in [0.25, 0.3) is 0 Å². The minimum Gasteiger partial charge on any atom is -0.475 e. The first kappa shape index (κ1) is 25.8. The van der Waals surface area contributed by atoms with Gasteiger partial charge in [-0.05, 0) is 61.4 Å². The second-order valence-electron chi connectivity index (χ2n) is 8.17. The molecule has 0 radical (unpaired) electrons. The summed E-state index contributed by atoms with van der Waals surface area (Å²) in [4.78, 5) is 21.2. The number of amides is 1. The Morgan fingerprint density at radius 1 is 1.12 bits per heavy atom. The van der Waals surface area contributed by atoms with Crippen LogP contribution in [0.25, 0.3) is 11.1 Å². The molecule has 0 aromatic heterocycles. The van der Waals surface area contributed by atoms with Crippen molar-refractivity contribution < 1.29 is 37.0 Å². The van der Waals surface area contributed by atoms with E-state index < -0.39 is 24.1 Å². The Bertz CT molecular complexity index is 1020. The summed E-state index contributed by atoms with van der Waals surface area (Å²) in [5.41, 5.74) is 1.27. The smallest absolute Gasteiger partial charge is 0.475 e. The van der Waals surface area contributed by atoms with E-state index in [2.05, 4.69) is 10.6 Å². The number of carboxylic acids is 1. The number of halogens is 5. The van der Waals surface area contributed by atoms with Crippen LogP contribution in [0.4, 0.5) is 28.0 Å². The summed E-state index contributed by atoms with van der Waals surface area (Å²) in [5.74, 6) is -2.80. The first-order valence-electron chi connectivity index (χ1n) is 10.6. The SMILES string of the molecule is O=C(Nc1cccc(F)c1-c1cccc(Cl)c1)OCC1CC2CCC(C1)N2.O=C(O)C(F)(F)F.